The van der Waals surface area contributed by atoms with Crippen LogP contribution in [0.2, 0.25) is 5.02 Å². The summed E-state index contributed by atoms with van der Waals surface area (Å²) < 4.78 is 31.3. The van der Waals surface area contributed by atoms with Crippen LogP contribution in [0.4, 0.5) is 8.78 Å². The molecular weight excluding hydrogens is 262 g/mol. The highest BCUT2D eigenvalue weighted by atomic mass is 35.5. The fourth-order valence-corrected chi connectivity index (χ4v) is 1.61. The molecule has 1 N–H and O–H groups in total. The summed E-state index contributed by atoms with van der Waals surface area (Å²) >= 11 is 5.61. The van der Waals surface area contributed by atoms with Crippen LogP contribution >= 0.6 is 11.6 Å². The van der Waals surface area contributed by atoms with Crippen molar-refractivity contribution in [1.29, 1.82) is 0 Å². The summed E-state index contributed by atoms with van der Waals surface area (Å²) in [7, 11) is 0. The number of rotatable bonds is 3. The average molecular weight is 271 g/mol. The zero-order chi connectivity index (χ0) is 13.1. The van der Waals surface area contributed by atoms with Gasteiger partial charge in [0.15, 0.2) is 0 Å². The van der Waals surface area contributed by atoms with Crippen molar-refractivity contribution in [3.05, 3.63) is 58.6 Å². The molecule has 0 amide bonds. The maximum atomic E-state index is 13.0. The molecule has 0 saturated heterocycles. The first-order valence-electron chi connectivity index (χ1n) is 5.12. The topological polar surface area (TPSA) is 29.5 Å². The highest BCUT2D eigenvalue weighted by molar-refractivity contribution is 6.30. The number of halogens is 3. The second-order valence-electron chi connectivity index (χ2n) is 3.59. The number of hydrogen-bond donors (Lipinski definition) is 1. The number of aliphatic hydroxyl groups excluding tert-OH is 1. The molecule has 0 aliphatic carbocycles. The van der Waals surface area contributed by atoms with Gasteiger partial charge in [-0.1, -0.05) is 11.6 Å². The van der Waals surface area contributed by atoms with Gasteiger partial charge in [0.1, 0.15) is 23.1 Å². The third kappa shape index (κ3) is 2.78. The summed E-state index contributed by atoms with van der Waals surface area (Å²) in [6.45, 7) is -0.359. The Morgan fingerprint density at radius 3 is 2.56 bits per heavy atom. The van der Waals surface area contributed by atoms with Gasteiger partial charge in [0.25, 0.3) is 0 Å². The van der Waals surface area contributed by atoms with E-state index in [9.17, 15) is 8.78 Å². The Bertz CT molecular complexity index is 573. The molecule has 2 rings (SSSR count). The molecule has 0 heterocycles. The third-order valence-electron chi connectivity index (χ3n) is 2.31. The lowest BCUT2D eigenvalue weighted by molar-refractivity contribution is 0.275. The van der Waals surface area contributed by atoms with E-state index >= 15 is 0 Å². The Morgan fingerprint density at radius 1 is 1.11 bits per heavy atom. The van der Waals surface area contributed by atoms with Crippen LogP contribution in [0.3, 0.4) is 0 Å². The van der Waals surface area contributed by atoms with Crippen molar-refractivity contribution >= 4 is 11.6 Å². The Hall–Kier alpha value is -1.65. The van der Waals surface area contributed by atoms with Crippen molar-refractivity contribution in [3.63, 3.8) is 0 Å². The Kier molecular flexibility index (Phi) is 3.79. The van der Waals surface area contributed by atoms with Crippen LogP contribution in [-0.4, -0.2) is 5.11 Å². The second-order valence-corrected chi connectivity index (χ2v) is 4.00. The summed E-state index contributed by atoms with van der Waals surface area (Å²) in [5, 5.41) is 9.02. The SMILES string of the molecule is OCc1cc(F)ccc1Oc1ccc(F)c(Cl)c1. The van der Waals surface area contributed by atoms with E-state index in [1.165, 1.54) is 36.4 Å². The smallest absolute Gasteiger partial charge is 0.142 e. The molecule has 0 radical (unpaired) electrons. The first-order valence-corrected chi connectivity index (χ1v) is 5.50. The maximum Gasteiger partial charge on any atom is 0.142 e. The molecule has 0 fully saturated rings. The molecule has 5 heteroatoms. The standard InChI is InChI=1S/C13H9ClF2O2/c14-11-6-10(2-3-12(11)16)18-13-4-1-9(15)5-8(13)7-17/h1-6,17H,7H2. The predicted molar refractivity (Wildman–Crippen MR) is 63.8 cm³/mol. The lowest BCUT2D eigenvalue weighted by atomic mass is 10.2. The lowest BCUT2D eigenvalue weighted by Crippen LogP contribution is -1.93. The normalized spacial score (nSPS) is 10.4. The van der Waals surface area contributed by atoms with Crippen molar-refractivity contribution < 1.29 is 18.6 Å². The van der Waals surface area contributed by atoms with E-state index in [0.717, 1.165) is 0 Å². The quantitative estimate of drug-likeness (QED) is 0.916. The second kappa shape index (κ2) is 5.33. The summed E-state index contributed by atoms with van der Waals surface area (Å²) in [4.78, 5) is 0. The lowest BCUT2D eigenvalue weighted by Gasteiger charge is -2.10. The zero-order valence-corrected chi connectivity index (χ0v) is 9.92. The molecular formula is C13H9ClF2O2. The average Bonchev–Trinajstić information content (AvgIpc) is 2.36. The van der Waals surface area contributed by atoms with E-state index in [0.29, 0.717) is 17.1 Å². The predicted octanol–water partition coefficient (Wildman–Crippen LogP) is 3.90. The van der Waals surface area contributed by atoms with Crippen molar-refractivity contribution in [2.75, 3.05) is 0 Å². The van der Waals surface area contributed by atoms with Crippen LogP contribution in [0.25, 0.3) is 0 Å². The molecule has 0 aliphatic heterocycles. The maximum absolute atomic E-state index is 13.0. The molecule has 2 nitrogen and oxygen atoms in total. The summed E-state index contributed by atoms with van der Waals surface area (Å²) in [5.41, 5.74) is 0.301. The minimum atomic E-state index is -0.550. The molecule has 2 aromatic rings. The Labute approximate surface area is 107 Å². The molecule has 18 heavy (non-hydrogen) atoms. The summed E-state index contributed by atoms with van der Waals surface area (Å²) in [5.74, 6) is -0.418. The van der Waals surface area contributed by atoms with Gasteiger partial charge in [-0.25, -0.2) is 8.78 Å². The minimum Gasteiger partial charge on any atom is -0.457 e. The monoisotopic (exact) mass is 270 g/mol. The fraction of sp³-hybridized carbons (Fsp3) is 0.0769. The highest BCUT2D eigenvalue weighted by Gasteiger charge is 2.07. The molecule has 0 spiro atoms. The van der Waals surface area contributed by atoms with Crippen molar-refractivity contribution in [2.45, 2.75) is 6.61 Å². The van der Waals surface area contributed by atoms with E-state index < -0.39 is 11.6 Å². The van der Waals surface area contributed by atoms with Crippen LogP contribution in [0.15, 0.2) is 36.4 Å². The largest absolute Gasteiger partial charge is 0.457 e. The molecule has 0 aliphatic rings. The third-order valence-corrected chi connectivity index (χ3v) is 2.60. The van der Waals surface area contributed by atoms with Crippen molar-refractivity contribution in [2.24, 2.45) is 0 Å². The van der Waals surface area contributed by atoms with Crippen molar-refractivity contribution in [3.8, 4) is 11.5 Å². The van der Waals surface area contributed by atoms with Gasteiger partial charge in [-0.15, -0.1) is 0 Å². The van der Waals surface area contributed by atoms with E-state index in [2.05, 4.69) is 0 Å². The minimum absolute atomic E-state index is 0.0693. The van der Waals surface area contributed by atoms with Gasteiger partial charge in [-0.05, 0) is 30.3 Å². The highest BCUT2D eigenvalue weighted by Crippen LogP contribution is 2.28. The number of hydrogen-bond acceptors (Lipinski definition) is 2. The first-order chi connectivity index (χ1) is 8.60. The van der Waals surface area contributed by atoms with Gasteiger partial charge in [-0.3, -0.25) is 0 Å². The van der Waals surface area contributed by atoms with Crippen LogP contribution in [0, 0.1) is 11.6 Å². The van der Waals surface area contributed by atoms with Gasteiger partial charge in [0.2, 0.25) is 0 Å². The molecule has 0 aromatic heterocycles. The molecule has 2 aromatic carbocycles. The van der Waals surface area contributed by atoms with Crippen LogP contribution in [-0.2, 0) is 6.61 Å². The van der Waals surface area contributed by atoms with Gasteiger partial charge < -0.3 is 9.84 Å². The van der Waals surface area contributed by atoms with Gasteiger partial charge in [0.05, 0.1) is 11.6 Å². The van der Waals surface area contributed by atoms with E-state index in [4.69, 9.17) is 21.4 Å². The van der Waals surface area contributed by atoms with E-state index in [1.54, 1.807) is 0 Å². The molecule has 94 valence electrons. The van der Waals surface area contributed by atoms with Gasteiger partial charge in [0, 0.05) is 11.6 Å². The van der Waals surface area contributed by atoms with Gasteiger partial charge >= 0.3 is 0 Å². The Morgan fingerprint density at radius 2 is 1.89 bits per heavy atom. The van der Waals surface area contributed by atoms with Crippen LogP contribution in [0.5, 0.6) is 11.5 Å². The molecule has 0 saturated carbocycles. The summed E-state index contributed by atoms with van der Waals surface area (Å²) in [6, 6.07) is 7.63. The number of ether oxygens (including phenoxy) is 1. The van der Waals surface area contributed by atoms with Crippen LogP contribution < -0.4 is 4.74 Å². The van der Waals surface area contributed by atoms with E-state index in [-0.39, 0.29) is 11.6 Å². The molecule has 0 unspecified atom stereocenters. The number of benzene rings is 2. The van der Waals surface area contributed by atoms with E-state index in [1.807, 2.05) is 0 Å². The first kappa shape index (κ1) is 12.8. The zero-order valence-electron chi connectivity index (χ0n) is 9.16. The summed E-state index contributed by atoms with van der Waals surface area (Å²) in [6.07, 6.45) is 0. The van der Waals surface area contributed by atoms with Crippen LogP contribution in [0.1, 0.15) is 5.56 Å². The fourth-order valence-electron chi connectivity index (χ4n) is 1.44. The van der Waals surface area contributed by atoms with Gasteiger partial charge in [-0.2, -0.15) is 0 Å². The molecule has 0 atom stereocenters. The number of aliphatic hydroxyl groups is 1. The van der Waals surface area contributed by atoms with Crippen molar-refractivity contribution in [1.82, 2.24) is 0 Å². The molecule has 0 bridgehead atoms. The Balaban J connectivity index is 2.30.